The maximum atomic E-state index is 13.4. The van der Waals surface area contributed by atoms with Gasteiger partial charge < -0.3 is 9.69 Å². The molecule has 0 saturated heterocycles. The fourth-order valence-electron chi connectivity index (χ4n) is 3.18. The van der Waals surface area contributed by atoms with Crippen molar-refractivity contribution in [1.82, 2.24) is 9.88 Å². The number of halogens is 1. The summed E-state index contributed by atoms with van der Waals surface area (Å²) in [6.07, 6.45) is 3.75. The van der Waals surface area contributed by atoms with Crippen molar-refractivity contribution in [2.45, 2.75) is 25.8 Å². The van der Waals surface area contributed by atoms with Gasteiger partial charge in [0.25, 0.3) is 5.91 Å². The molecule has 1 heterocycles. The number of carbonyl (C=O) groups is 2. The number of nitrogens with zero attached hydrogens (tertiary/aromatic N) is 2. The molecule has 1 aliphatic rings. The van der Waals surface area contributed by atoms with Gasteiger partial charge in [-0.1, -0.05) is 6.07 Å². The van der Waals surface area contributed by atoms with Crippen LogP contribution >= 0.6 is 0 Å². The summed E-state index contributed by atoms with van der Waals surface area (Å²) in [5.41, 5.74) is 2.94. The molecule has 0 fully saturated rings. The summed E-state index contributed by atoms with van der Waals surface area (Å²) < 4.78 is 13.4. The van der Waals surface area contributed by atoms with E-state index in [4.69, 9.17) is 0 Å². The van der Waals surface area contributed by atoms with Crippen LogP contribution in [0.25, 0.3) is 0 Å². The van der Waals surface area contributed by atoms with Gasteiger partial charge in [0, 0.05) is 11.9 Å². The van der Waals surface area contributed by atoms with Crippen LogP contribution in [-0.4, -0.2) is 28.6 Å². The molecule has 23 heavy (non-hydrogen) atoms. The second-order valence-electron chi connectivity index (χ2n) is 5.66. The van der Waals surface area contributed by atoms with Gasteiger partial charge in [-0.3, -0.25) is 9.78 Å². The van der Waals surface area contributed by atoms with E-state index in [0.29, 0.717) is 24.1 Å². The van der Waals surface area contributed by atoms with E-state index in [1.54, 1.807) is 36.2 Å². The number of pyridine rings is 1. The van der Waals surface area contributed by atoms with Crippen LogP contribution in [-0.2, 0) is 11.2 Å². The van der Waals surface area contributed by atoms with Crippen molar-refractivity contribution in [1.29, 1.82) is 0 Å². The number of aromatic nitrogens is 1. The molecule has 0 bridgehead atoms. The molecule has 4 nitrogen and oxygen atoms in total. The van der Waals surface area contributed by atoms with Crippen LogP contribution in [0.2, 0.25) is 0 Å². The van der Waals surface area contributed by atoms with Crippen LogP contribution in [0.4, 0.5) is 4.39 Å². The van der Waals surface area contributed by atoms with Crippen LogP contribution in [0.15, 0.2) is 36.5 Å². The molecular weight excluding hydrogens is 295 g/mol. The van der Waals surface area contributed by atoms with E-state index >= 15 is 0 Å². The molecule has 118 valence electrons. The lowest BCUT2D eigenvalue weighted by molar-refractivity contribution is -0.108. The molecule has 1 aromatic carbocycles. The number of amides is 1. The number of aldehydes is 1. The zero-order valence-electron chi connectivity index (χ0n) is 12.8. The Bertz CT molecular complexity index is 760. The molecule has 0 aliphatic heterocycles. The van der Waals surface area contributed by atoms with E-state index in [9.17, 15) is 14.0 Å². The molecule has 3 rings (SSSR count). The molecular formula is C18H17FN2O2. The molecule has 5 heteroatoms. The van der Waals surface area contributed by atoms with Crippen molar-refractivity contribution in [3.8, 4) is 0 Å². The Balaban J connectivity index is 1.96. The van der Waals surface area contributed by atoms with Crippen molar-refractivity contribution in [3.63, 3.8) is 0 Å². The molecule has 0 spiro atoms. The van der Waals surface area contributed by atoms with Crippen LogP contribution in [0.3, 0.4) is 0 Å². The van der Waals surface area contributed by atoms with Crippen molar-refractivity contribution >= 4 is 12.2 Å². The third-order valence-electron chi connectivity index (χ3n) is 4.30. The number of hydrogen-bond acceptors (Lipinski definition) is 3. The molecule has 1 unspecified atom stereocenters. The first-order valence-corrected chi connectivity index (χ1v) is 7.56. The highest BCUT2D eigenvalue weighted by Gasteiger charge is 2.32. The van der Waals surface area contributed by atoms with Gasteiger partial charge in [-0.05, 0) is 55.2 Å². The fraction of sp³-hybridized carbons (Fsp3) is 0.278. The van der Waals surface area contributed by atoms with E-state index in [1.807, 2.05) is 0 Å². The van der Waals surface area contributed by atoms with Gasteiger partial charge in [-0.25, -0.2) is 4.39 Å². The van der Waals surface area contributed by atoms with E-state index in [-0.39, 0.29) is 24.3 Å². The van der Waals surface area contributed by atoms with Gasteiger partial charge >= 0.3 is 0 Å². The quantitative estimate of drug-likeness (QED) is 0.816. The summed E-state index contributed by atoms with van der Waals surface area (Å²) in [6.45, 7) is 1.78. The average molecular weight is 312 g/mol. The molecule has 2 aromatic rings. The second-order valence-corrected chi connectivity index (χ2v) is 5.66. The van der Waals surface area contributed by atoms with Crippen LogP contribution in [0.5, 0.6) is 0 Å². The molecule has 1 aromatic heterocycles. The third-order valence-corrected chi connectivity index (χ3v) is 4.30. The standard InChI is InChI=1S/C18H17FN2O2/c1-12-15(3-2-8-20-12)18(23)21(9-10-22)17-7-4-13-11-14(19)5-6-16(13)17/h2-3,5-6,8,10-11,17H,4,7,9H2,1H3. The minimum Gasteiger partial charge on any atom is -0.324 e. The van der Waals surface area contributed by atoms with E-state index in [1.165, 1.54) is 12.1 Å². The summed E-state index contributed by atoms with van der Waals surface area (Å²) >= 11 is 0. The molecule has 1 amide bonds. The lowest BCUT2D eigenvalue weighted by atomic mass is 10.0. The normalized spacial score (nSPS) is 16.0. The summed E-state index contributed by atoms with van der Waals surface area (Å²) in [5, 5.41) is 0. The van der Waals surface area contributed by atoms with Gasteiger partial charge in [0.1, 0.15) is 12.1 Å². The topological polar surface area (TPSA) is 50.3 Å². The number of benzene rings is 1. The first-order chi connectivity index (χ1) is 11.1. The Morgan fingerprint density at radius 1 is 1.43 bits per heavy atom. The number of fused-ring (bicyclic) bond motifs is 1. The maximum absolute atomic E-state index is 13.4. The van der Waals surface area contributed by atoms with E-state index < -0.39 is 0 Å². The van der Waals surface area contributed by atoms with Crippen molar-refractivity contribution < 1.29 is 14.0 Å². The number of rotatable bonds is 4. The lowest BCUT2D eigenvalue weighted by Gasteiger charge is -2.28. The average Bonchev–Trinajstić information content (AvgIpc) is 2.95. The largest absolute Gasteiger partial charge is 0.324 e. The first-order valence-electron chi connectivity index (χ1n) is 7.56. The first kappa shape index (κ1) is 15.3. The van der Waals surface area contributed by atoms with Crippen molar-refractivity contribution in [2.75, 3.05) is 6.54 Å². The van der Waals surface area contributed by atoms with E-state index in [2.05, 4.69) is 4.98 Å². The predicted octanol–water partition coefficient (Wildman–Crippen LogP) is 2.86. The Labute approximate surface area is 134 Å². The SMILES string of the molecule is Cc1ncccc1C(=O)N(CC=O)C1CCc2cc(F)ccc21. The third kappa shape index (κ3) is 2.86. The molecule has 0 N–H and O–H groups in total. The predicted molar refractivity (Wildman–Crippen MR) is 83.5 cm³/mol. The highest BCUT2D eigenvalue weighted by atomic mass is 19.1. The second kappa shape index (κ2) is 6.28. The smallest absolute Gasteiger partial charge is 0.256 e. The summed E-state index contributed by atoms with van der Waals surface area (Å²) in [5.74, 6) is -0.495. The molecule has 1 aliphatic carbocycles. The summed E-state index contributed by atoms with van der Waals surface area (Å²) in [4.78, 5) is 29.7. The monoisotopic (exact) mass is 312 g/mol. The zero-order valence-corrected chi connectivity index (χ0v) is 12.8. The van der Waals surface area contributed by atoms with Crippen molar-refractivity contribution in [2.24, 2.45) is 0 Å². The van der Waals surface area contributed by atoms with E-state index in [0.717, 1.165) is 17.4 Å². The Kier molecular flexibility index (Phi) is 4.19. The zero-order chi connectivity index (χ0) is 16.4. The van der Waals surface area contributed by atoms with Gasteiger partial charge in [-0.15, -0.1) is 0 Å². The number of aryl methyl sites for hydroxylation is 2. The summed E-state index contributed by atoms with van der Waals surface area (Å²) in [7, 11) is 0. The lowest BCUT2D eigenvalue weighted by Crippen LogP contribution is -2.36. The Morgan fingerprint density at radius 3 is 3.00 bits per heavy atom. The van der Waals surface area contributed by atoms with Crippen molar-refractivity contribution in [3.05, 3.63) is 64.7 Å². The molecule has 0 saturated carbocycles. The van der Waals surface area contributed by atoms with Gasteiger partial charge in [0.2, 0.25) is 0 Å². The summed E-state index contributed by atoms with van der Waals surface area (Å²) in [6, 6.07) is 7.83. The van der Waals surface area contributed by atoms with Crippen LogP contribution in [0, 0.1) is 12.7 Å². The number of carbonyl (C=O) groups excluding carboxylic acids is 2. The highest BCUT2D eigenvalue weighted by Crippen LogP contribution is 2.36. The van der Waals surface area contributed by atoms with Crippen LogP contribution < -0.4 is 0 Å². The fourth-order valence-corrected chi connectivity index (χ4v) is 3.18. The maximum Gasteiger partial charge on any atom is 0.256 e. The van der Waals surface area contributed by atoms with Crippen LogP contribution in [0.1, 0.15) is 39.6 Å². The molecule has 0 radical (unpaired) electrons. The molecule has 1 atom stereocenters. The Hall–Kier alpha value is -2.56. The minimum absolute atomic E-state index is 0.00858. The van der Waals surface area contributed by atoms with Gasteiger partial charge in [-0.2, -0.15) is 0 Å². The number of hydrogen-bond donors (Lipinski definition) is 0. The highest BCUT2D eigenvalue weighted by molar-refractivity contribution is 5.96. The minimum atomic E-state index is -0.277. The van der Waals surface area contributed by atoms with Gasteiger partial charge in [0.15, 0.2) is 0 Å². The Morgan fingerprint density at radius 2 is 2.26 bits per heavy atom. The van der Waals surface area contributed by atoms with Gasteiger partial charge in [0.05, 0.1) is 18.2 Å².